The molecular weight excluding hydrogens is 708 g/mol. The minimum Gasteiger partial charge on any atom is -0.497 e. The number of halogens is 3. The van der Waals surface area contributed by atoms with Gasteiger partial charge in [-0.25, -0.2) is 9.80 Å². The second-order valence-electron chi connectivity index (χ2n) is 10.1. The Labute approximate surface area is 269 Å². The van der Waals surface area contributed by atoms with Crippen molar-refractivity contribution >= 4 is 72.9 Å². The number of hydrogen-bond donors (Lipinski definition) is 0. The van der Waals surface area contributed by atoms with Crippen LogP contribution in [-0.4, -0.2) is 62.8 Å². The fourth-order valence-corrected chi connectivity index (χ4v) is 6.63. The first-order valence-electron chi connectivity index (χ1n) is 13.3. The number of amides is 3. The molecule has 1 saturated heterocycles. The Balaban J connectivity index is 1.38. The van der Waals surface area contributed by atoms with Crippen LogP contribution in [0.15, 0.2) is 72.8 Å². The number of hydrazine groups is 1. The molecule has 3 amide bonds. The van der Waals surface area contributed by atoms with E-state index in [4.69, 9.17) is 21.1 Å². The van der Waals surface area contributed by atoms with Crippen molar-refractivity contribution in [3.05, 3.63) is 94.5 Å². The predicted molar refractivity (Wildman–Crippen MR) is 165 cm³/mol. The minimum atomic E-state index is -0.756. The van der Waals surface area contributed by atoms with Crippen molar-refractivity contribution in [3.8, 4) is 11.5 Å². The summed E-state index contributed by atoms with van der Waals surface area (Å²) in [5.74, 6) is -3.54. The maximum atomic E-state index is 13.8. The van der Waals surface area contributed by atoms with Crippen LogP contribution in [-0.2, 0) is 9.59 Å². The summed E-state index contributed by atoms with van der Waals surface area (Å²) >= 11 is 13.4. The highest BCUT2D eigenvalue weighted by Crippen LogP contribution is 2.44. The summed E-state index contributed by atoms with van der Waals surface area (Å²) in [6, 6.07) is 18.5. The topological polar surface area (TPSA) is 110 Å². The molecule has 43 heavy (non-hydrogen) atoms. The highest BCUT2D eigenvalue weighted by Gasteiger charge is 2.54. The number of nitrogens with zero attached hydrogens (tertiary/aromatic N) is 2. The maximum absolute atomic E-state index is 13.8. The number of imide groups is 1. The number of esters is 1. The highest BCUT2D eigenvalue weighted by atomic mass is 79.9. The normalized spacial score (nSPS) is 21.3. The standard InChI is InChI=1S/C31H25Br2ClN2O7/c1-42-20-6-4-5-18(13-20)31(41)43-19-11-9-17(10-12-19)27(37)16-35(28(38)21-7-2-3-8-26(21)34)36-29(39)22-14-24(32)25(33)15-23(22)30(36)40/h2-13,22-25H,14-16H2,1H3/t22-,23-,24+,25+/m1/s1. The van der Waals surface area contributed by atoms with Crippen LogP contribution >= 0.6 is 43.5 Å². The van der Waals surface area contributed by atoms with Gasteiger partial charge in [0.1, 0.15) is 18.0 Å². The lowest BCUT2D eigenvalue weighted by Gasteiger charge is -2.30. The van der Waals surface area contributed by atoms with Gasteiger partial charge in [-0.15, -0.1) is 0 Å². The average molecular weight is 733 g/mol. The number of hydrogen-bond acceptors (Lipinski definition) is 7. The Kier molecular flexibility index (Phi) is 9.33. The number of ether oxygens (including phenoxy) is 2. The molecule has 0 unspecified atom stereocenters. The predicted octanol–water partition coefficient (Wildman–Crippen LogP) is 5.73. The quantitative estimate of drug-likeness (QED) is 0.0957. The van der Waals surface area contributed by atoms with E-state index in [9.17, 15) is 24.0 Å². The number of ketones is 1. The molecule has 12 heteroatoms. The van der Waals surface area contributed by atoms with Gasteiger partial charge in [-0.2, -0.15) is 5.01 Å². The second kappa shape index (κ2) is 13.0. The van der Waals surface area contributed by atoms with Gasteiger partial charge in [-0.05, 0) is 67.4 Å². The average Bonchev–Trinajstić information content (AvgIpc) is 3.24. The molecule has 1 saturated carbocycles. The number of Topliss-reactive ketones (excluding diaryl/α,β-unsaturated/α-hetero) is 1. The molecule has 0 N–H and O–H groups in total. The molecule has 1 heterocycles. The van der Waals surface area contributed by atoms with Crippen LogP contribution in [0.5, 0.6) is 11.5 Å². The molecule has 3 aromatic carbocycles. The molecule has 0 bridgehead atoms. The highest BCUT2D eigenvalue weighted by molar-refractivity contribution is 9.12. The molecule has 9 nitrogen and oxygen atoms in total. The summed E-state index contributed by atoms with van der Waals surface area (Å²) in [6.07, 6.45) is 0.805. The molecule has 222 valence electrons. The summed E-state index contributed by atoms with van der Waals surface area (Å²) in [4.78, 5) is 66.9. The lowest BCUT2D eigenvalue weighted by molar-refractivity contribution is -0.154. The fraction of sp³-hybridized carbons (Fsp3) is 0.258. The molecule has 1 aliphatic carbocycles. The van der Waals surface area contributed by atoms with Crippen LogP contribution in [0.3, 0.4) is 0 Å². The largest absolute Gasteiger partial charge is 0.497 e. The summed E-state index contributed by atoms with van der Waals surface area (Å²) in [7, 11) is 1.49. The third-order valence-corrected chi connectivity index (χ3v) is 10.5. The van der Waals surface area contributed by atoms with E-state index in [1.54, 1.807) is 30.3 Å². The zero-order chi connectivity index (χ0) is 30.8. The van der Waals surface area contributed by atoms with Gasteiger partial charge in [0.05, 0.1) is 35.1 Å². The number of carbonyl (C=O) groups excluding carboxylic acids is 5. The Morgan fingerprint density at radius 3 is 2.09 bits per heavy atom. The van der Waals surface area contributed by atoms with Crippen molar-refractivity contribution in [1.82, 2.24) is 10.0 Å². The van der Waals surface area contributed by atoms with Crippen LogP contribution in [0.25, 0.3) is 0 Å². The smallest absolute Gasteiger partial charge is 0.343 e. The van der Waals surface area contributed by atoms with E-state index in [0.717, 1.165) is 10.0 Å². The van der Waals surface area contributed by atoms with Gasteiger partial charge in [-0.1, -0.05) is 61.7 Å². The van der Waals surface area contributed by atoms with Gasteiger partial charge >= 0.3 is 5.97 Å². The van der Waals surface area contributed by atoms with Crippen molar-refractivity contribution in [2.45, 2.75) is 22.5 Å². The van der Waals surface area contributed by atoms with E-state index in [-0.39, 0.29) is 37.1 Å². The number of carbonyl (C=O) groups is 5. The number of methoxy groups -OCH3 is 1. The van der Waals surface area contributed by atoms with Crippen molar-refractivity contribution in [2.24, 2.45) is 11.8 Å². The summed E-state index contributed by atoms with van der Waals surface area (Å²) in [5.41, 5.74) is 0.505. The fourth-order valence-electron chi connectivity index (χ4n) is 5.17. The first kappa shape index (κ1) is 30.9. The monoisotopic (exact) mass is 730 g/mol. The minimum absolute atomic E-state index is 0.0312. The molecule has 1 aliphatic heterocycles. The van der Waals surface area contributed by atoms with E-state index >= 15 is 0 Å². The van der Waals surface area contributed by atoms with Crippen LogP contribution in [0, 0.1) is 11.8 Å². The van der Waals surface area contributed by atoms with Gasteiger partial charge < -0.3 is 9.47 Å². The number of rotatable bonds is 8. The molecule has 0 radical (unpaired) electrons. The van der Waals surface area contributed by atoms with E-state index in [1.165, 1.54) is 49.6 Å². The van der Waals surface area contributed by atoms with E-state index in [0.29, 0.717) is 18.6 Å². The van der Waals surface area contributed by atoms with E-state index < -0.39 is 47.9 Å². The summed E-state index contributed by atoms with van der Waals surface area (Å²) < 4.78 is 10.6. The SMILES string of the molecule is COc1cccc(C(=O)Oc2ccc(C(=O)CN(C(=O)c3ccccc3Cl)N3C(=O)[C@@H]4C[C@H](Br)[C@@H](Br)C[C@H]4C3=O)cc2)c1. The number of alkyl halides is 2. The maximum Gasteiger partial charge on any atom is 0.343 e. The third-order valence-electron chi connectivity index (χ3n) is 7.45. The van der Waals surface area contributed by atoms with E-state index in [1.807, 2.05) is 0 Å². The molecule has 2 fully saturated rings. The third kappa shape index (κ3) is 6.39. The Bertz CT molecular complexity index is 1570. The molecule has 0 aromatic heterocycles. The van der Waals surface area contributed by atoms with Crippen LogP contribution in [0.1, 0.15) is 43.9 Å². The van der Waals surface area contributed by atoms with Crippen molar-refractivity contribution in [3.63, 3.8) is 0 Å². The Morgan fingerprint density at radius 2 is 1.49 bits per heavy atom. The van der Waals surface area contributed by atoms with Crippen molar-refractivity contribution in [1.29, 1.82) is 0 Å². The van der Waals surface area contributed by atoms with Crippen LogP contribution in [0.2, 0.25) is 5.02 Å². The first-order valence-corrected chi connectivity index (χ1v) is 15.5. The zero-order valence-corrected chi connectivity index (χ0v) is 26.7. The van der Waals surface area contributed by atoms with Gasteiger partial charge in [0.2, 0.25) is 0 Å². The van der Waals surface area contributed by atoms with Crippen LogP contribution < -0.4 is 9.47 Å². The molecule has 4 atom stereocenters. The van der Waals surface area contributed by atoms with Gasteiger partial charge in [0.15, 0.2) is 5.78 Å². The second-order valence-corrected chi connectivity index (χ2v) is 12.9. The van der Waals surface area contributed by atoms with E-state index in [2.05, 4.69) is 31.9 Å². The van der Waals surface area contributed by atoms with Gasteiger partial charge in [0, 0.05) is 15.2 Å². The number of benzene rings is 3. The molecular formula is C31H25Br2ClN2O7. The first-order chi connectivity index (χ1) is 20.6. The van der Waals surface area contributed by atoms with Gasteiger partial charge in [-0.3, -0.25) is 19.2 Å². The lowest BCUT2D eigenvalue weighted by atomic mass is 9.81. The molecule has 3 aromatic rings. The Morgan fingerprint density at radius 1 is 0.860 bits per heavy atom. The molecule has 2 aliphatic rings. The number of fused-ring (bicyclic) bond motifs is 1. The Hall–Kier alpha value is -3.54. The lowest BCUT2D eigenvalue weighted by Crippen LogP contribution is -2.52. The van der Waals surface area contributed by atoms with Crippen LogP contribution in [0.4, 0.5) is 0 Å². The van der Waals surface area contributed by atoms with Gasteiger partial charge in [0.25, 0.3) is 17.7 Å². The summed E-state index contributed by atoms with van der Waals surface area (Å²) in [6.45, 7) is -0.598. The van der Waals surface area contributed by atoms with Crippen molar-refractivity contribution < 1.29 is 33.4 Å². The molecule has 0 spiro atoms. The molecule has 5 rings (SSSR count). The van der Waals surface area contributed by atoms with Crippen molar-refractivity contribution in [2.75, 3.05) is 13.7 Å². The summed E-state index contributed by atoms with van der Waals surface area (Å²) in [5, 5.41) is 1.81. The zero-order valence-electron chi connectivity index (χ0n) is 22.7.